The molecule has 1 heterocycles. The average molecular weight is 329 g/mol. The Labute approximate surface area is 121 Å². The lowest BCUT2D eigenvalue weighted by Gasteiger charge is -2.34. The summed E-state index contributed by atoms with van der Waals surface area (Å²) in [5, 5.41) is 0. The molecule has 5 heteroatoms. The van der Waals surface area contributed by atoms with E-state index in [1.165, 1.54) is 0 Å². The Morgan fingerprint density at radius 1 is 1.56 bits per heavy atom. The number of nitrogens with two attached hydrogens (primary N) is 1. The molecule has 1 saturated heterocycles. The third-order valence-electron chi connectivity index (χ3n) is 3.28. The summed E-state index contributed by atoms with van der Waals surface area (Å²) in [4.78, 5) is 2.74. The van der Waals surface area contributed by atoms with E-state index in [9.17, 15) is 0 Å². The highest BCUT2D eigenvalue weighted by Gasteiger charge is 2.22. The van der Waals surface area contributed by atoms with E-state index in [-0.39, 0.29) is 0 Å². The van der Waals surface area contributed by atoms with Crippen LogP contribution >= 0.6 is 28.1 Å². The van der Waals surface area contributed by atoms with Crippen LogP contribution in [0.3, 0.4) is 0 Å². The van der Waals surface area contributed by atoms with E-state index >= 15 is 0 Å². The van der Waals surface area contributed by atoms with Crippen molar-refractivity contribution in [3.8, 4) is 0 Å². The van der Waals surface area contributed by atoms with E-state index in [2.05, 4.69) is 26.9 Å². The summed E-state index contributed by atoms with van der Waals surface area (Å²) in [5.41, 5.74) is 7.84. The fourth-order valence-electron chi connectivity index (χ4n) is 2.33. The van der Waals surface area contributed by atoms with Gasteiger partial charge >= 0.3 is 0 Å². The number of methoxy groups -OCH3 is 1. The summed E-state index contributed by atoms with van der Waals surface area (Å²) in [6.07, 6.45) is 2.54. The molecule has 0 saturated carbocycles. The molecule has 1 aromatic rings. The summed E-state index contributed by atoms with van der Waals surface area (Å²) in [6, 6.07) is 6.07. The van der Waals surface area contributed by atoms with Gasteiger partial charge in [0.15, 0.2) is 0 Å². The van der Waals surface area contributed by atoms with Gasteiger partial charge in [-0.2, -0.15) is 0 Å². The molecular formula is C13H17BrN2OS. The number of hydrogen-bond acceptors (Lipinski definition) is 3. The van der Waals surface area contributed by atoms with Crippen molar-refractivity contribution in [3.63, 3.8) is 0 Å². The average Bonchev–Trinajstić information content (AvgIpc) is 2.38. The van der Waals surface area contributed by atoms with E-state index in [4.69, 9.17) is 22.7 Å². The third kappa shape index (κ3) is 3.02. The van der Waals surface area contributed by atoms with E-state index in [0.29, 0.717) is 11.1 Å². The van der Waals surface area contributed by atoms with Crippen LogP contribution < -0.4 is 10.6 Å². The maximum atomic E-state index is 5.81. The number of nitrogens with zero attached hydrogens (tertiary/aromatic N) is 1. The SMILES string of the molecule is COC1CCCN(c2ccc(Br)cc2C(N)=S)C1. The van der Waals surface area contributed by atoms with Crippen LogP contribution in [0.15, 0.2) is 22.7 Å². The molecule has 0 amide bonds. The molecule has 0 radical (unpaired) electrons. The van der Waals surface area contributed by atoms with Crippen LogP contribution in [-0.4, -0.2) is 31.3 Å². The molecule has 1 aliphatic rings. The van der Waals surface area contributed by atoms with Crippen molar-refractivity contribution in [1.29, 1.82) is 0 Å². The van der Waals surface area contributed by atoms with Crippen molar-refractivity contribution in [1.82, 2.24) is 0 Å². The van der Waals surface area contributed by atoms with Crippen LogP contribution in [0.25, 0.3) is 0 Å². The highest BCUT2D eigenvalue weighted by Crippen LogP contribution is 2.27. The molecule has 0 spiro atoms. The molecule has 2 rings (SSSR count). The Morgan fingerprint density at radius 2 is 2.33 bits per heavy atom. The summed E-state index contributed by atoms with van der Waals surface area (Å²) >= 11 is 8.59. The number of anilines is 1. The zero-order valence-electron chi connectivity index (χ0n) is 10.4. The minimum Gasteiger partial charge on any atom is -0.389 e. The minimum absolute atomic E-state index is 0.293. The van der Waals surface area contributed by atoms with Crippen molar-refractivity contribution >= 4 is 38.8 Å². The monoisotopic (exact) mass is 328 g/mol. The Morgan fingerprint density at radius 3 is 3.00 bits per heavy atom. The third-order valence-corrected chi connectivity index (χ3v) is 3.99. The summed E-state index contributed by atoms with van der Waals surface area (Å²) < 4.78 is 6.45. The van der Waals surface area contributed by atoms with Gasteiger partial charge in [0.25, 0.3) is 0 Å². The van der Waals surface area contributed by atoms with Gasteiger partial charge < -0.3 is 15.4 Å². The lowest BCUT2D eigenvalue weighted by Crippen LogP contribution is -2.40. The zero-order chi connectivity index (χ0) is 13.1. The predicted octanol–water partition coefficient (Wildman–Crippen LogP) is 2.70. The fraction of sp³-hybridized carbons (Fsp3) is 0.462. The molecule has 98 valence electrons. The van der Waals surface area contributed by atoms with Crippen LogP contribution in [0.1, 0.15) is 18.4 Å². The van der Waals surface area contributed by atoms with Gasteiger partial charge in [0.2, 0.25) is 0 Å². The van der Waals surface area contributed by atoms with Gasteiger partial charge in [-0.15, -0.1) is 0 Å². The number of hydrogen-bond donors (Lipinski definition) is 1. The van der Waals surface area contributed by atoms with Gasteiger partial charge in [-0.05, 0) is 31.0 Å². The molecular weight excluding hydrogens is 312 g/mol. The maximum absolute atomic E-state index is 5.81. The summed E-state index contributed by atoms with van der Waals surface area (Å²) in [7, 11) is 1.77. The topological polar surface area (TPSA) is 38.5 Å². The Hall–Kier alpha value is -0.650. The van der Waals surface area contributed by atoms with Gasteiger partial charge in [0, 0.05) is 35.9 Å². The summed E-state index contributed by atoms with van der Waals surface area (Å²) in [5.74, 6) is 0. The van der Waals surface area contributed by atoms with Gasteiger partial charge in [-0.1, -0.05) is 28.1 Å². The molecule has 0 aliphatic carbocycles. The van der Waals surface area contributed by atoms with Gasteiger partial charge in [-0.3, -0.25) is 0 Å². The van der Waals surface area contributed by atoms with Crippen LogP contribution in [0.4, 0.5) is 5.69 Å². The molecule has 1 atom stereocenters. The molecule has 1 aromatic carbocycles. The first-order valence-electron chi connectivity index (χ1n) is 5.99. The molecule has 0 aromatic heterocycles. The number of piperidine rings is 1. The zero-order valence-corrected chi connectivity index (χ0v) is 12.8. The number of thiocarbonyl (C=S) groups is 1. The van der Waals surface area contributed by atoms with Crippen LogP contribution in [0.5, 0.6) is 0 Å². The molecule has 18 heavy (non-hydrogen) atoms. The van der Waals surface area contributed by atoms with E-state index in [1.807, 2.05) is 12.1 Å². The van der Waals surface area contributed by atoms with E-state index in [1.54, 1.807) is 7.11 Å². The van der Waals surface area contributed by atoms with Gasteiger partial charge in [-0.25, -0.2) is 0 Å². The second-order valence-electron chi connectivity index (χ2n) is 4.47. The number of benzene rings is 1. The van der Waals surface area contributed by atoms with Crippen molar-refractivity contribution in [2.45, 2.75) is 18.9 Å². The van der Waals surface area contributed by atoms with Crippen molar-refractivity contribution in [2.24, 2.45) is 5.73 Å². The summed E-state index contributed by atoms with van der Waals surface area (Å²) in [6.45, 7) is 1.92. The van der Waals surface area contributed by atoms with Crippen LogP contribution in [0.2, 0.25) is 0 Å². The fourth-order valence-corrected chi connectivity index (χ4v) is 2.86. The maximum Gasteiger partial charge on any atom is 0.106 e. The number of rotatable bonds is 3. The minimum atomic E-state index is 0.293. The Kier molecular flexibility index (Phi) is 4.59. The van der Waals surface area contributed by atoms with Crippen molar-refractivity contribution < 1.29 is 4.74 Å². The van der Waals surface area contributed by atoms with Crippen LogP contribution in [0, 0.1) is 0 Å². The second-order valence-corrected chi connectivity index (χ2v) is 5.83. The molecule has 1 unspecified atom stereocenters. The Bertz CT molecular complexity index is 453. The highest BCUT2D eigenvalue weighted by atomic mass is 79.9. The standard InChI is InChI=1S/C13H17BrN2OS/c1-17-10-3-2-6-16(8-10)12-5-4-9(14)7-11(12)13(15)18/h4-5,7,10H,2-3,6,8H2,1H3,(H2,15,18). The first kappa shape index (κ1) is 13.8. The van der Waals surface area contributed by atoms with Crippen molar-refractivity contribution in [3.05, 3.63) is 28.2 Å². The van der Waals surface area contributed by atoms with E-state index < -0.39 is 0 Å². The first-order chi connectivity index (χ1) is 8.61. The number of ether oxygens (including phenoxy) is 1. The quantitative estimate of drug-likeness (QED) is 0.866. The highest BCUT2D eigenvalue weighted by molar-refractivity contribution is 9.10. The normalized spacial score (nSPS) is 19.9. The van der Waals surface area contributed by atoms with Gasteiger partial charge in [0.05, 0.1) is 6.10 Å². The Balaban J connectivity index is 2.29. The second kappa shape index (κ2) is 5.99. The number of halogens is 1. The molecule has 0 bridgehead atoms. The first-order valence-corrected chi connectivity index (χ1v) is 7.19. The molecule has 1 fully saturated rings. The molecule has 3 nitrogen and oxygen atoms in total. The molecule has 2 N–H and O–H groups in total. The molecule has 1 aliphatic heterocycles. The van der Waals surface area contributed by atoms with Crippen LogP contribution in [-0.2, 0) is 4.74 Å². The predicted molar refractivity (Wildman–Crippen MR) is 82.3 cm³/mol. The largest absolute Gasteiger partial charge is 0.389 e. The van der Waals surface area contributed by atoms with E-state index in [0.717, 1.165) is 41.7 Å². The van der Waals surface area contributed by atoms with Gasteiger partial charge in [0.1, 0.15) is 4.99 Å². The van der Waals surface area contributed by atoms with Crippen molar-refractivity contribution in [2.75, 3.05) is 25.1 Å². The lowest BCUT2D eigenvalue weighted by molar-refractivity contribution is 0.0893. The lowest BCUT2D eigenvalue weighted by atomic mass is 10.1. The smallest absolute Gasteiger partial charge is 0.106 e.